The second-order valence-corrected chi connectivity index (χ2v) is 3.65. The Labute approximate surface area is 94.7 Å². The average molecular weight is 242 g/mol. The van der Waals surface area contributed by atoms with E-state index in [0.29, 0.717) is 13.1 Å². The van der Waals surface area contributed by atoms with Crippen molar-refractivity contribution in [1.82, 2.24) is 4.90 Å². The van der Waals surface area contributed by atoms with Gasteiger partial charge >= 0.3 is 6.18 Å². The van der Waals surface area contributed by atoms with Crippen LogP contribution in [-0.4, -0.2) is 50.5 Å². The molecule has 0 aliphatic carbocycles. The van der Waals surface area contributed by atoms with Gasteiger partial charge in [-0.05, 0) is 32.5 Å². The molecule has 0 radical (unpaired) electrons. The molecule has 6 heteroatoms. The Morgan fingerprint density at radius 3 is 2.38 bits per heavy atom. The molecule has 0 aromatic heterocycles. The molecular weight excluding hydrogens is 221 g/mol. The standard InChI is InChI=1S/C10H21F3N2O/c1-2-5-15(6-3-4-14)7-8-16-9-10(11,12)13/h2-9,14H2,1H3. The van der Waals surface area contributed by atoms with Gasteiger partial charge in [0.25, 0.3) is 0 Å². The van der Waals surface area contributed by atoms with Crippen LogP contribution in [0.5, 0.6) is 0 Å². The molecule has 3 nitrogen and oxygen atoms in total. The van der Waals surface area contributed by atoms with Gasteiger partial charge in [0.05, 0.1) is 6.61 Å². The van der Waals surface area contributed by atoms with Crippen LogP contribution in [0.25, 0.3) is 0 Å². The van der Waals surface area contributed by atoms with Crippen molar-refractivity contribution in [3.8, 4) is 0 Å². The first-order valence-corrected chi connectivity index (χ1v) is 5.56. The van der Waals surface area contributed by atoms with Crippen LogP contribution in [0.3, 0.4) is 0 Å². The first kappa shape index (κ1) is 15.7. The second-order valence-electron chi connectivity index (χ2n) is 3.65. The van der Waals surface area contributed by atoms with E-state index in [1.54, 1.807) is 0 Å². The summed E-state index contributed by atoms with van der Waals surface area (Å²) >= 11 is 0. The fraction of sp³-hybridized carbons (Fsp3) is 1.00. The van der Waals surface area contributed by atoms with Crippen molar-refractivity contribution in [3.63, 3.8) is 0 Å². The Kier molecular flexibility index (Phi) is 8.60. The highest BCUT2D eigenvalue weighted by Crippen LogP contribution is 2.14. The highest BCUT2D eigenvalue weighted by atomic mass is 19.4. The molecule has 16 heavy (non-hydrogen) atoms. The first-order valence-electron chi connectivity index (χ1n) is 5.56. The zero-order chi connectivity index (χ0) is 12.4. The first-order chi connectivity index (χ1) is 7.49. The fourth-order valence-corrected chi connectivity index (χ4v) is 1.35. The summed E-state index contributed by atoms with van der Waals surface area (Å²) in [6.45, 7) is 3.81. The van der Waals surface area contributed by atoms with Gasteiger partial charge in [-0.3, -0.25) is 0 Å². The summed E-state index contributed by atoms with van der Waals surface area (Å²) < 4.78 is 39.9. The highest BCUT2D eigenvalue weighted by molar-refractivity contribution is 4.57. The topological polar surface area (TPSA) is 38.5 Å². The van der Waals surface area contributed by atoms with Crippen molar-refractivity contribution in [2.75, 3.05) is 39.4 Å². The molecular formula is C10H21F3N2O. The largest absolute Gasteiger partial charge is 0.411 e. The highest BCUT2D eigenvalue weighted by Gasteiger charge is 2.27. The third kappa shape index (κ3) is 10.2. The van der Waals surface area contributed by atoms with E-state index in [4.69, 9.17) is 5.73 Å². The van der Waals surface area contributed by atoms with Crippen molar-refractivity contribution >= 4 is 0 Å². The fourth-order valence-electron chi connectivity index (χ4n) is 1.35. The number of hydrogen-bond acceptors (Lipinski definition) is 3. The summed E-state index contributed by atoms with van der Waals surface area (Å²) in [6.07, 6.45) is -2.39. The Bertz CT molecular complexity index is 165. The summed E-state index contributed by atoms with van der Waals surface area (Å²) in [5, 5.41) is 0. The van der Waals surface area contributed by atoms with Gasteiger partial charge in [0, 0.05) is 6.54 Å². The predicted molar refractivity (Wildman–Crippen MR) is 57.3 cm³/mol. The van der Waals surface area contributed by atoms with Gasteiger partial charge in [0.2, 0.25) is 0 Å². The van der Waals surface area contributed by atoms with Crippen LogP contribution >= 0.6 is 0 Å². The summed E-state index contributed by atoms with van der Waals surface area (Å²) in [6, 6.07) is 0. The Morgan fingerprint density at radius 2 is 1.88 bits per heavy atom. The Balaban J connectivity index is 3.59. The third-order valence-corrected chi connectivity index (χ3v) is 2.04. The smallest absolute Gasteiger partial charge is 0.371 e. The van der Waals surface area contributed by atoms with E-state index < -0.39 is 12.8 Å². The number of alkyl halides is 3. The molecule has 0 amide bonds. The molecule has 0 aromatic rings. The van der Waals surface area contributed by atoms with Gasteiger partial charge in [-0.25, -0.2) is 0 Å². The van der Waals surface area contributed by atoms with Gasteiger partial charge < -0.3 is 15.4 Å². The van der Waals surface area contributed by atoms with Crippen LogP contribution in [0.4, 0.5) is 13.2 Å². The minimum absolute atomic E-state index is 0.115. The molecule has 0 aliphatic rings. The summed E-state index contributed by atoms with van der Waals surface area (Å²) in [7, 11) is 0. The normalized spacial score (nSPS) is 12.4. The van der Waals surface area contributed by atoms with E-state index in [-0.39, 0.29) is 6.61 Å². The minimum Gasteiger partial charge on any atom is -0.371 e. The third-order valence-electron chi connectivity index (χ3n) is 2.04. The lowest BCUT2D eigenvalue weighted by Crippen LogP contribution is -2.31. The van der Waals surface area contributed by atoms with Crippen molar-refractivity contribution in [2.45, 2.75) is 25.9 Å². The lowest BCUT2D eigenvalue weighted by molar-refractivity contribution is -0.174. The van der Waals surface area contributed by atoms with Gasteiger partial charge in [-0.2, -0.15) is 13.2 Å². The molecule has 2 N–H and O–H groups in total. The van der Waals surface area contributed by atoms with E-state index in [0.717, 1.165) is 25.9 Å². The maximum atomic E-state index is 11.8. The van der Waals surface area contributed by atoms with E-state index >= 15 is 0 Å². The monoisotopic (exact) mass is 242 g/mol. The molecule has 0 saturated carbocycles. The quantitative estimate of drug-likeness (QED) is 0.624. The molecule has 0 aliphatic heterocycles. The van der Waals surface area contributed by atoms with Gasteiger partial charge in [-0.15, -0.1) is 0 Å². The molecule has 0 rings (SSSR count). The molecule has 98 valence electrons. The zero-order valence-corrected chi connectivity index (χ0v) is 9.72. The van der Waals surface area contributed by atoms with Crippen molar-refractivity contribution in [1.29, 1.82) is 0 Å². The minimum atomic E-state index is -4.23. The molecule has 0 aromatic carbocycles. The van der Waals surface area contributed by atoms with Crippen molar-refractivity contribution in [3.05, 3.63) is 0 Å². The predicted octanol–water partition coefficient (Wildman–Crippen LogP) is 1.63. The molecule has 0 spiro atoms. The van der Waals surface area contributed by atoms with Crippen LogP contribution < -0.4 is 5.73 Å². The number of nitrogens with two attached hydrogens (primary N) is 1. The Morgan fingerprint density at radius 1 is 1.19 bits per heavy atom. The van der Waals surface area contributed by atoms with Gasteiger partial charge in [-0.1, -0.05) is 6.92 Å². The maximum absolute atomic E-state index is 11.8. The van der Waals surface area contributed by atoms with Crippen LogP contribution in [0.1, 0.15) is 19.8 Å². The number of ether oxygens (including phenoxy) is 1. The molecule has 0 unspecified atom stereocenters. The van der Waals surface area contributed by atoms with Crippen LogP contribution in [0.15, 0.2) is 0 Å². The summed E-state index contributed by atoms with van der Waals surface area (Å²) in [5.41, 5.74) is 5.38. The summed E-state index contributed by atoms with van der Waals surface area (Å²) in [5.74, 6) is 0. The number of halogens is 3. The van der Waals surface area contributed by atoms with E-state index in [9.17, 15) is 13.2 Å². The Hall–Kier alpha value is -0.330. The SMILES string of the molecule is CCCN(CCCN)CCOCC(F)(F)F. The van der Waals surface area contributed by atoms with Gasteiger partial charge in [0.1, 0.15) is 6.61 Å². The molecule has 0 heterocycles. The van der Waals surface area contributed by atoms with Crippen LogP contribution in [-0.2, 0) is 4.74 Å². The average Bonchev–Trinajstić information content (AvgIpc) is 2.19. The molecule has 0 saturated heterocycles. The maximum Gasteiger partial charge on any atom is 0.411 e. The molecule has 0 atom stereocenters. The number of nitrogens with zero attached hydrogens (tertiary/aromatic N) is 1. The second kappa shape index (κ2) is 8.78. The molecule has 0 bridgehead atoms. The van der Waals surface area contributed by atoms with Crippen LogP contribution in [0, 0.1) is 0 Å². The summed E-state index contributed by atoms with van der Waals surface area (Å²) in [4.78, 5) is 2.07. The van der Waals surface area contributed by atoms with E-state index in [2.05, 4.69) is 9.64 Å². The number of hydrogen-bond donors (Lipinski definition) is 1. The molecule has 0 fully saturated rings. The van der Waals surface area contributed by atoms with Gasteiger partial charge in [0.15, 0.2) is 0 Å². The van der Waals surface area contributed by atoms with E-state index in [1.165, 1.54) is 0 Å². The number of rotatable bonds is 9. The lowest BCUT2D eigenvalue weighted by Gasteiger charge is -2.21. The lowest BCUT2D eigenvalue weighted by atomic mass is 10.3. The van der Waals surface area contributed by atoms with E-state index in [1.807, 2.05) is 6.92 Å². The van der Waals surface area contributed by atoms with Crippen molar-refractivity contribution in [2.24, 2.45) is 5.73 Å². The van der Waals surface area contributed by atoms with Crippen LogP contribution in [0.2, 0.25) is 0 Å². The van der Waals surface area contributed by atoms with Crippen molar-refractivity contribution < 1.29 is 17.9 Å². The zero-order valence-electron chi connectivity index (χ0n) is 9.72.